The molecule has 0 aromatic heterocycles. The van der Waals surface area contributed by atoms with Gasteiger partial charge in [0.05, 0.1) is 11.4 Å². The second-order valence-corrected chi connectivity index (χ2v) is 5.06. The molecule has 0 radical (unpaired) electrons. The molecule has 2 heteroatoms. The first-order chi connectivity index (χ1) is 9.02. The highest BCUT2D eigenvalue weighted by molar-refractivity contribution is 5.89. The van der Waals surface area contributed by atoms with E-state index in [-0.39, 0.29) is 0 Å². The second-order valence-electron chi connectivity index (χ2n) is 5.06. The number of carbonyl (C=O) groups excluding carboxylic acids is 1. The molecule has 0 heterocycles. The zero-order valence-corrected chi connectivity index (χ0v) is 11.9. The first-order valence-electron chi connectivity index (χ1n) is 6.42. The van der Waals surface area contributed by atoms with Crippen LogP contribution in [0.4, 0.5) is 11.4 Å². The SMILES string of the molecule is Cc1ccc(N(C=O)c2ccc(C)cc2C)c(C)c1. The lowest BCUT2D eigenvalue weighted by Gasteiger charge is -2.22. The molecule has 0 bridgehead atoms. The fraction of sp³-hybridized carbons (Fsp3) is 0.235. The normalized spacial score (nSPS) is 10.3. The zero-order valence-electron chi connectivity index (χ0n) is 11.9. The molecule has 1 amide bonds. The average molecular weight is 253 g/mol. The Morgan fingerprint density at radius 2 is 1.21 bits per heavy atom. The van der Waals surface area contributed by atoms with Gasteiger partial charge in [0.1, 0.15) is 0 Å². The Hall–Kier alpha value is -2.09. The van der Waals surface area contributed by atoms with E-state index in [1.165, 1.54) is 11.1 Å². The molecule has 2 nitrogen and oxygen atoms in total. The molecular weight excluding hydrogens is 234 g/mol. The molecule has 98 valence electrons. The Morgan fingerprint density at radius 1 is 0.789 bits per heavy atom. The Bertz CT molecular complexity index is 565. The summed E-state index contributed by atoms with van der Waals surface area (Å²) in [5, 5.41) is 0. The number of nitrogens with zero attached hydrogens (tertiary/aromatic N) is 1. The zero-order chi connectivity index (χ0) is 14.0. The highest BCUT2D eigenvalue weighted by Crippen LogP contribution is 2.30. The van der Waals surface area contributed by atoms with Crippen LogP contribution in [0.3, 0.4) is 0 Å². The van der Waals surface area contributed by atoms with E-state index < -0.39 is 0 Å². The van der Waals surface area contributed by atoms with E-state index in [0.717, 1.165) is 28.9 Å². The van der Waals surface area contributed by atoms with E-state index in [2.05, 4.69) is 26.0 Å². The molecular formula is C17H19NO. The number of amides is 1. The van der Waals surface area contributed by atoms with E-state index in [0.29, 0.717) is 0 Å². The summed E-state index contributed by atoms with van der Waals surface area (Å²) in [5.74, 6) is 0. The van der Waals surface area contributed by atoms with Crippen molar-refractivity contribution < 1.29 is 4.79 Å². The number of hydrogen-bond donors (Lipinski definition) is 0. The summed E-state index contributed by atoms with van der Waals surface area (Å²) < 4.78 is 0. The largest absolute Gasteiger partial charge is 0.283 e. The van der Waals surface area contributed by atoms with Crippen molar-refractivity contribution >= 4 is 17.8 Å². The third-order valence-electron chi connectivity index (χ3n) is 3.33. The topological polar surface area (TPSA) is 20.3 Å². The highest BCUT2D eigenvalue weighted by Gasteiger charge is 2.13. The van der Waals surface area contributed by atoms with Crippen LogP contribution >= 0.6 is 0 Å². The van der Waals surface area contributed by atoms with Gasteiger partial charge in [0.15, 0.2) is 0 Å². The van der Waals surface area contributed by atoms with Gasteiger partial charge in [-0.25, -0.2) is 0 Å². The van der Waals surface area contributed by atoms with Gasteiger partial charge in [0.25, 0.3) is 0 Å². The van der Waals surface area contributed by atoms with Crippen LogP contribution < -0.4 is 4.90 Å². The molecule has 0 aliphatic rings. The van der Waals surface area contributed by atoms with Crippen LogP contribution in [0.1, 0.15) is 22.3 Å². The molecule has 0 aliphatic carbocycles. The Balaban J connectivity index is 2.53. The van der Waals surface area contributed by atoms with Crippen molar-refractivity contribution in [1.29, 1.82) is 0 Å². The maximum atomic E-state index is 11.5. The van der Waals surface area contributed by atoms with Crippen LogP contribution in [0.5, 0.6) is 0 Å². The molecule has 19 heavy (non-hydrogen) atoms. The molecule has 0 saturated carbocycles. The summed E-state index contributed by atoms with van der Waals surface area (Å²) in [6.45, 7) is 8.17. The molecule has 0 saturated heterocycles. The molecule has 2 aromatic rings. The van der Waals surface area contributed by atoms with E-state index in [1.54, 1.807) is 4.90 Å². The number of anilines is 2. The van der Waals surface area contributed by atoms with Gasteiger partial charge in [-0.2, -0.15) is 0 Å². The molecule has 0 aliphatic heterocycles. The fourth-order valence-corrected chi connectivity index (χ4v) is 2.39. The predicted molar refractivity (Wildman–Crippen MR) is 80.0 cm³/mol. The number of carbonyl (C=O) groups is 1. The molecule has 0 fully saturated rings. The van der Waals surface area contributed by atoms with Gasteiger partial charge < -0.3 is 0 Å². The van der Waals surface area contributed by atoms with E-state index in [4.69, 9.17) is 0 Å². The molecule has 2 rings (SSSR count). The van der Waals surface area contributed by atoms with Crippen LogP contribution in [0, 0.1) is 27.7 Å². The first-order valence-corrected chi connectivity index (χ1v) is 6.42. The maximum Gasteiger partial charge on any atom is 0.218 e. The van der Waals surface area contributed by atoms with Gasteiger partial charge in [-0.05, 0) is 51.0 Å². The quantitative estimate of drug-likeness (QED) is 0.750. The number of rotatable bonds is 3. The van der Waals surface area contributed by atoms with E-state index >= 15 is 0 Å². The van der Waals surface area contributed by atoms with Gasteiger partial charge in [-0.15, -0.1) is 0 Å². The summed E-state index contributed by atoms with van der Waals surface area (Å²) in [6.07, 6.45) is 0.884. The van der Waals surface area contributed by atoms with Crippen molar-refractivity contribution in [2.24, 2.45) is 0 Å². The monoisotopic (exact) mass is 253 g/mol. The Kier molecular flexibility index (Phi) is 3.70. The van der Waals surface area contributed by atoms with Gasteiger partial charge in [0.2, 0.25) is 6.41 Å². The standard InChI is InChI=1S/C17H19NO/c1-12-5-7-16(14(3)9-12)18(11-19)17-8-6-13(2)10-15(17)4/h5-11H,1-4H3. The van der Waals surface area contributed by atoms with Gasteiger partial charge >= 0.3 is 0 Å². The van der Waals surface area contributed by atoms with E-state index in [9.17, 15) is 4.79 Å². The van der Waals surface area contributed by atoms with Crippen LogP contribution in [0.15, 0.2) is 36.4 Å². The summed E-state index contributed by atoms with van der Waals surface area (Å²) >= 11 is 0. The van der Waals surface area contributed by atoms with Gasteiger partial charge in [-0.1, -0.05) is 35.4 Å². The Labute approximate surface area is 114 Å². The van der Waals surface area contributed by atoms with Crippen molar-refractivity contribution in [3.05, 3.63) is 58.7 Å². The third kappa shape index (κ3) is 2.68. The summed E-state index contributed by atoms with van der Waals surface area (Å²) in [7, 11) is 0. The van der Waals surface area contributed by atoms with Crippen LogP contribution in [-0.4, -0.2) is 6.41 Å². The van der Waals surface area contributed by atoms with Gasteiger partial charge in [0, 0.05) is 0 Å². The number of aryl methyl sites for hydroxylation is 4. The maximum absolute atomic E-state index is 11.5. The molecule has 0 N–H and O–H groups in total. The lowest BCUT2D eigenvalue weighted by molar-refractivity contribution is -0.106. The third-order valence-corrected chi connectivity index (χ3v) is 3.33. The molecule has 0 unspecified atom stereocenters. The van der Waals surface area contributed by atoms with Crippen LogP contribution in [0.2, 0.25) is 0 Å². The van der Waals surface area contributed by atoms with Crippen molar-refractivity contribution in [1.82, 2.24) is 0 Å². The second kappa shape index (κ2) is 5.27. The van der Waals surface area contributed by atoms with Crippen molar-refractivity contribution in [3.63, 3.8) is 0 Å². The average Bonchev–Trinajstić information content (AvgIpc) is 2.34. The minimum Gasteiger partial charge on any atom is -0.283 e. The minimum absolute atomic E-state index is 0.884. The predicted octanol–water partition coefficient (Wildman–Crippen LogP) is 4.21. The number of benzene rings is 2. The highest BCUT2D eigenvalue weighted by atomic mass is 16.1. The summed E-state index contributed by atoms with van der Waals surface area (Å²) in [6, 6.07) is 12.2. The lowest BCUT2D eigenvalue weighted by atomic mass is 10.1. The van der Waals surface area contributed by atoms with Crippen molar-refractivity contribution in [2.75, 3.05) is 4.90 Å². The van der Waals surface area contributed by atoms with Crippen LogP contribution in [-0.2, 0) is 4.79 Å². The molecule has 0 spiro atoms. The smallest absolute Gasteiger partial charge is 0.218 e. The minimum atomic E-state index is 0.884. The van der Waals surface area contributed by atoms with E-state index in [1.807, 2.05) is 38.1 Å². The lowest BCUT2D eigenvalue weighted by Crippen LogP contribution is -2.16. The van der Waals surface area contributed by atoms with Crippen LogP contribution in [0.25, 0.3) is 0 Å². The fourth-order valence-electron chi connectivity index (χ4n) is 2.39. The Morgan fingerprint density at radius 3 is 1.53 bits per heavy atom. The number of hydrogen-bond acceptors (Lipinski definition) is 1. The van der Waals surface area contributed by atoms with Crippen molar-refractivity contribution in [3.8, 4) is 0 Å². The summed E-state index contributed by atoms with van der Waals surface area (Å²) in [5.41, 5.74) is 6.49. The molecule has 2 aromatic carbocycles. The van der Waals surface area contributed by atoms with Gasteiger partial charge in [-0.3, -0.25) is 9.69 Å². The molecule has 0 atom stereocenters. The summed E-state index contributed by atoms with van der Waals surface area (Å²) in [4.78, 5) is 13.2. The van der Waals surface area contributed by atoms with Crippen molar-refractivity contribution in [2.45, 2.75) is 27.7 Å². The first kappa shape index (κ1) is 13.3.